The molecule has 6 heteroatoms. The standard InChI is InChI=1S/C14H9F3N2O/c15-14(16,17)12-7-18-6-9-5-10(1-2-11(9)12)13(3-4-13)19-8-20/h1-2,5-7H,3-4H2. The fourth-order valence-corrected chi connectivity index (χ4v) is 2.36. The van der Waals surface area contributed by atoms with Crippen molar-refractivity contribution in [1.82, 2.24) is 4.98 Å². The van der Waals surface area contributed by atoms with Gasteiger partial charge in [0.05, 0.1) is 11.1 Å². The van der Waals surface area contributed by atoms with E-state index in [-0.39, 0.29) is 5.39 Å². The molecule has 1 aromatic heterocycles. The quantitative estimate of drug-likeness (QED) is 0.622. The molecule has 1 aliphatic rings. The summed E-state index contributed by atoms with van der Waals surface area (Å²) in [5.41, 5.74) is -0.621. The van der Waals surface area contributed by atoms with Gasteiger partial charge in [0.25, 0.3) is 0 Å². The Labute approximate surface area is 112 Å². The fourth-order valence-electron chi connectivity index (χ4n) is 2.36. The van der Waals surface area contributed by atoms with Gasteiger partial charge in [0.15, 0.2) is 0 Å². The normalized spacial score (nSPS) is 16.8. The lowest BCUT2D eigenvalue weighted by atomic mass is 9.99. The largest absolute Gasteiger partial charge is 0.418 e. The van der Waals surface area contributed by atoms with Gasteiger partial charge in [-0.15, -0.1) is 0 Å². The molecule has 0 spiro atoms. The molecule has 0 saturated heterocycles. The summed E-state index contributed by atoms with van der Waals surface area (Å²) in [6.07, 6.45) is 0.712. The van der Waals surface area contributed by atoms with E-state index in [1.165, 1.54) is 18.3 Å². The second kappa shape index (κ2) is 4.15. The third-order valence-corrected chi connectivity index (χ3v) is 3.59. The predicted molar refractivity (Wildman–Crippen MR) is 65.8 cm³/mol. The summed E-state index contributed by atoms with van der Waals surface area (Å²) in [4.78, 5) is 17.8. The third-order valence-electron chi connectivity index (χ3n) is 3.59. The number of carbonyl (C=O) groups excluding carboxylic acids is 1. The molecule has 3 nitrogen and oxygen atoms in total. The van der Waals surface area contributed by atoms with E-state index in [1.54, 1.807) is 12.1 Å². The lowest BCUT2D eigenvalue weighted by Crippen LogP contribution is -2.07. The topological polar surface area (TPSA) is 42.3 Å². The van der Waals surface area contributed by atoms with E-state index in [1.807, 2.05) is 0 Å². The maximum absolute atomic E-state index is 12.9. The highest BCUT2D eigenvalue weighted by atomic mass is 19.4. The number of aliphatic imine (C=N–C) groups is 1. The summed E-state index contributed by atoms with van der Waals surface area (Å²) >= 11 is 0. The van der Waals surface area contributed by atoms with Crippen molar-refractivity contribution < 1.29 is 18.0 Å². The smallest absolute Gasteiger partial charge is 0.263 e. The molecule has 1 saturated carbocycles. The summed E-state index contributed by atoms with van der Waals surface area (Å²) in [5, 5.41) is 0.492. The summed E-state index contributed by atoms with van der Waals surface area (Å²) in [6.45, 7) is 0. The minimum absolute atomic E-state index is 0.0992. The summed E-state index contributed by atoms with van der Waals surface area (Å²) in [7, 11) is 0. The van der Waals surface area contributed by atoms with E-state index < -0.39 is 17.3 Å². The molecule has 20 heavy (non-hydrogen) atoms. The Kier molecular flexibility index (Phi) is 2.66. The molecule has 0 aliphatic heterocycles. The maximum atomic E-state index is 12.9. The number of hydrogen-bond donors (Lipinski definition) is 0. The van der Waals surface area contributed by atoms with Crippen molar-refractivity contribution in [3.63, 3.8) is 0 Å². The van der Waals surface area contributed by atoms with Crippen LogP contribution >= 0.6 is 0 Å². The molecule has 0 bridgehead atoms. The van der Waals surface area contributed by atoms with Crippen LogP contribution in [0.15, 0.2) is 35.6 Å². The second-order valence-electron chi connectivity index (χ2n) is 4.86. The van der Waals surface area contributed by atoms with Gasteiger partial charge >= 0.3 is 6.18 Å². The fraction of sp³-hybridized carbons (Fsp3) is 0.286. The van der Waals surface area contributed by atoms with Crippen LogP contribution in [0.1, 0.15) is 24.0 Å². The van der Waals surface area contributed by atoms with E-state index in [9.17, 15) is 18.0 Å². The van der Waals surface area contributed by atoms with Crippen LogP contribution in [0.3, 0.4) is 0 Å². The van der Waals surface area contributed by atoms with E-state index in [0.29, 0.717) is 18.2 Å². The summed E-state index contributed by atoms with van der Waals surface area (Å²) in [5.74, 6) is 0. The van der Waals surface area contributed by atoms with Crippen molar-refractivity contribution in [3.8, 4) is 0 Å². The lowest BCUT2D eigenvalue weighted by molar-refractivity contribution is -0.136. The molecule has 102 valence electrons. The molecule has 0 radical (unpaired) electrons. The Hall–Kier alpha value is -2.20. The zero-order chi connectivity index (χ0) is 14.4. The van der Waals surface area contributed by atoms with Crippen LogP contribution in [-0.2, 0) is 16.5 Å². The molecule has 1 aromatic carbocycles. The first kappa shape index (κ1) is 12.8. The number of pyridine rings is 1. The number of aromatic nitrogens is 1. The molecular formula is C14H9F3N2O. The molecule has 0 unspecified atom stereocenters. The number of nitrogens with zero attached hydrogens (tertiary/aromatic N) is 2. The van der Waals surface area contributed by atoms with Gasteiger partial charge in [0.2, 0.25) is 6.08 Å². The minimum Gasteiger partial charge on any atom is -0.263 e. The van der Waals surface area contributed by atoms with Crippen molar-refractivity contribution in [1.29, 1.82) is 0 Å². The Bertz CT molecular complexity index is 729. The average molecular weight is 278 g/mol. The molecule has 0 amide bonds. The third kappa shape index (κ3) is 1.98. The van der Waals surface area contributed by atoms with Gasteiger partial charge in [-0.2, -0.15) is 18.2 Å². The second-order valence-corrected chi connectivity index (χ2v) is 4.86. The van der Waals surface area contributed by atoms with Crippen LogP contribution in [0.2, 0.25) is 0 Å². The van der Waals surface area contributed by atoms with Crippen LogP contribution < -0.4 is 0 Å². The summed E-state index contributed by atoms with van der Waals surface area (Å²) in [6, 6.07) is 4.62. The van der Waals surface area contributed by atoms with Gasteiger partial charge in [0.1, 0.15) is 0 Å². The van der Waals surface area contributed by atoms with Crippen LogP contribution in [0.25, 0.3) is 10.8 Å². The Balaban J connectivity index is 2.17. The summed E-state index contributed by atoms with van der Waals surface area (Å²) < 4.78 is 38.6. The molecule has 1 fully saturated rings. The van der Waals surface area contributed by atoms with Gasteiger partial charge < -0.3 is 0 Å². The van der Waals surface area contributed by atoms with Gasteiger partial charge in [-0.05, 0) is 29.9 Å². The van der Waals surface area contributed by atoms with Crippen molar-refractivity contribution in [2.75, 3.05) is 0 Å². The molecule has 2 aromatic rings. The zero-order valence-electron chi connectivity index (χ0n) is 10.2. The predicted octanol–water partition coefficient (Wildman–Crippen LogP) is 3.58. The highest BCUT2D eigenvalue weighted by Gasteiger charge is 2.45. The molecule has 0 atom stereocenters. The van der Waals surface area contributed by atoms with Crippen LogP contribution in [-0.4, -0.2) is 11.1 Å². The molecular weight excluding hydrogens is 269 g/mol. The van der Waals surface area contributed by atoms with E-state index in [0.717, 1.165) is 11.8 Å². The van der Waals surface area contributed by atoms with Gasteiger partial charge in [0, 0.05) is 17.8 Å². The highest BCUT2D eigenvalue weighted by Crippen LogP contribution is 2.50. The van der Waals surface area contributed by atoms with E-state index >= 15 is 0 Å². The van der Waals surface area contributed by atoms with Crippen LogP contribution in [0, 0.1) is 0 Å². The van der Waals surface area contributed by atoms with Gasteiger partial charge in [-0.1, -0.05) is 12.1 Å². The van der Waals surface area contributed by atoms with Crippen molar-refractivity contribution in [3.05, 3.63) is 41.7 Å². The number of alkyl halides is 3. The van der Waals surface area contributed by atoms with E-state index in [2.05, 4.69) is 9.98 Å². The van der Waals surface area contributed by atoms with Gasteiger partial charge in [-0.25, -0.2) is 4.79 Å². The molecule has 0 N–H and O–H groups in total. The number of rotatable bonds is 2. The van der Waals surface area contributed by atoms with Crippen molar-refractivity contribution in [2.45, 2.75) is 24.6 Å². The number of halogens is 3. The van der Waals surface area contributed by atoms with Crippen LogP contribution in [0.5, 0.6) is 0 Å². The zero-order valence-corrected chi connectivity index (χ0v) is 10.2. The maximum Gasteiger partial charge on any atom is 0.418 e. The first-order valence-electron chi connectivity index (χ1n) is 6.01. The lowest BCUT2D eigenvalue weighted by Gasteiger charge is -2.12. The Morgan fingerprint density at radius 3 is 2.60 bits per heavy atom. The first-order chi connectivity index (χ1) is 9.46. The number of fused-ring (bicyclic) bond motifs is 1. The number of isocyanates is 1. The monoisotopic (exact) mass is 278 g/mol. The van der Waals surface area contributed by atoms with E-state index in [4.69, 9.17) is 0 Å². The molecule has 3 rings (SSSR count). The van der Waals surface area contributed by atoms with Crippen molar-refractivity contribution in [2.24, 2.45) is 4.99 Å². The average Bonchev–Trinajstić information content (AvgIpc) is 3.18. The number of benzene rings is 1. The Morgan fingerprint density at radius 1 is 1.25 bits per heavy atom. The number of hydrogen-bond acceptors (Lipinski definition) is 3. The van der Waals surface area contributed by atoms with Gasteiger partial charge in [-0.3, -0.25) is 4.98 Å². The van der Waals surface area contributed by atoms with Crippen molar-refractivity contribution >= 4 is 16.9 Å². The molecule has 1 aliphatic carbocycles. The van der Waals surface area contributed by atoms with Crippen LogP contribution in [0.4, 0.5) is 13.2 Å². The first-order valence-corrected chi connectivity index (χ1v) is 6.01. The SMILES string of the molecule is O=C=NC1(c2ccc3c(C(F)(F)F)cncc3c2)CC1. The highest BCUT2D eigenvalue weighted by molar-refractivity contribution is 5.86. The Morgan fingerprint density at radius 2 is 2.00 bits per heavy atom. The minimum atomic E-state index is -4.44. The molecule has 1 heterocycles.